The molecular weight excluding hydrogens is 302 g/mol. The average Bonchev–Trinajstić information content (AvgIpc) is 3.15. The van der Waals surface area contributed by atoms with Gasteiger partial charge >= 0.3 is 0 Å². The fraction of sp³-hybridized carbons (Fsp3) is 0.526. The zero-order chi connectivity index (χ0) is 17.3. The molecule has 2 aromatic rings. The van der Waals surface area contributed by atoms with E-state index in [0.29, 0.717) is 12.5 Å². The summed E-state index contributed by atoms with van der Waals surface area (Å²) in [6, 6.07) is 6.60. The molecule has 0 aliphatic carbocycles. The molecule has 0 fully saturated rings. The number of nitrogens with zero attached hydrogens (tertiary/aromatic N) is 2. The molecule has 5 heteroatoms. The Kier molecular flexibility index (Phi) is 4.65. The molecule has 0 radical (unpaired) electrons. The van der Waals surface area contributed by atoms with Gasteiger partial charge in [0.05, 0.1) is 12.8 Å². The van der Waals surface area contributed by atoms with E-state index in [9.17, 15) is 5.11 Å². The van der Waals surface area contributed by atoms with Gasteiger partial charge in [-0.15, -0.1) is 0 Å². The Labute approximate surface area is 143 Å². The molecule has 1 aromatic carbocycles. The number of rotatable bonds is 6. The number of ether oxygens (including phenoxy) is 1. The Morgan fingerprint density at radius 1 is 1.42 bits per heavy atom. The number of aliphatic hydroxyl groups is 1. The maximum Gasteiger partial charge on any atom is 0.122 e. The second-order valence-electron chi connectivity index (χ2n) is 7.24. The molecule has 2 N–H and O–H groups in total. The van der Waals surface area contributed by atoms with Crippen molar-refractivity contribution in [1.82, 2.24) is 15.1 Å². The Hall–Kier alpha value is -1.85. The topological polar surface area (TPSA) is 59.3 Å². The van der Waals surface area contributed by atoms with E-state index in [1.165, 1.54) is 11.1 Å². The van der Waals surface area contributed by atoms with Crippen molar-refractivity contribution in [2.45, 2.75) is 38.8 Å². The zero-order valence-corrected chi connectivity index (χ0v) is 14.9. The van der Waals surface area contributed by atoms with Crippen molar-refractivity contribution >= 4 is 0 Å². The average molecular weight is 329 g/mol. The molecule has 0 amide bonds. The van der Waals surface area contributed by atoms with Gasteiger partial charge in [-0.05, 0) is 30.0 Å². The minimum absolute atomic E-state index is 0.180. The van der Waals surface area contributed by atoms with Gasteiger partial charge in [-0.3, -0.25) is 4.68 Å². The molecule has 2 unspecified atom stereocenters. The van der Waals surface area contributed by atoms with Crippen LogP contribution < -0.4 is 10.1 Å². The predicted octanol–water partition coefficient (Wildman–Crippen LogP) is 2.55. The van der Waals surface area contributed by atoms with Crippen LogP contribution in [0.5, 0.6) is 5.75 Å². The molecule has 2 heterocycles. The normalized spacial score (nSPS) is 17.4. The first-order valence-corrected chi connectivity index (χ1v) is 8.57. The van der Waals surface area contributed by atoms with Crippen LogP contribution in [0.25, 0.3) is 0 Å². The summed E-state index contributed by atoms with van der Waals surface area (Å²) < 4.78 is 7.31. The lowest BCUT2D eigenvalue weighted by molar-refractivity contribution is 0.0518. The minimum atomic E-state index is -0.957. The van der Waals surface area contributed by atoms with E-state index in [1.54, 1.807) is 10.9 Å². The van der Waals surface area contributed by atoms with Gasteiger partial charge in [0.2, 0.25) is 0 Å². The second-order valence-corrected chi connectivity index (χ2v) is 7.24. The van der Waals surface area contributed by atoms with Crippen LogP contribution in [0, 0.1) is 5.92 Å². The van der Waals surface area contributed by atoms with Crippen molar-refractivity contribution in [1.29, 1.82) is 0 Å². The highest BCUT2D eigenvalue weighted by atomic mass is 16.5. The van der Waals surface area contributed by atoms with Crippen molar-refractivity contribution in [3.63, 3.8) is 0 Å². The van der Waals surface area contributed by atoms with Gasteiger partial charge in [0.25, 0.3) is 0 Å². The number of aromatic nitrogens is 2. The van der Waals surface area contributed by atoms with E-state index < -0.39 is 5.60 Å². The predicted molar refractivity (Wildman–Crippen MR) is 94.0 cm³/mol. The van der Waals surface area contributed by atoms with E-state index in [-0.39, 0.29) is 6.04 Å². The van der Waals surface area contributed by atoms with Crippen molar-refractivity contribution in [3.05, 3.63) is 47.3 Å². The second kappa shape index (κ2) is 6.57. The Balaban J connectivity index is 1.75. The van der Waals surface area contributed by atoms with Gasteiger partial charge < -0.3 is 15.2 Å². The van der Waals surface area contributed by atoms with Crippen molar-refractivity contribution in [2.75, 3.05) is 13.2 Å². The summed E-state index contributed by atoms with van der Waals surface area (Å²) >= 11 is 0. The summed E-state index contributed by atoms with van der Waals surface area (Å²) in [5.74, 6) is 1.42. The number of nitrogens with one attached hydrogen (secondary N) is 1. The third kappa shape index (κ3) is 3.47. The van der Waals surface area contributed by atoms with Gasteiger partial charge in [0, 0.05) is 37.8 Å². The third-order valence-electron chi connectivity index (χ3n) is 4.73. The number of hydrogen-bond donors (Lipinski definition) is 2. The summed E-state index contributed by atoms with van der Waals surface area (Å²) in [5, 5.41) is 18.5. The number of hydrogen-bond acceptors (Lipinski definition) is 4. The van der Waals surface area contributed by atoms with Crippen LogP contribution >= 0.6 is 0 Å². The monoisotopic (exact) mass is 329 g/mol. The fourth-order valence-corrected chi connectivity index (χ4v) is 3.25. The lowest BCUT2D eigenvalue weighted by Crippen LogP contribution is -2.38. The van der Waals surface area contributed by atoms with Crippen molar-refractivity contribution < 1.29 is 9.84 Å². The van der Waals surface area contributed by atoms with Crippen LogP contribution in [0.4, 0.5) is 0 Å². The zero-order valence-electron chi connectivity index (χ0n) is 14.9. The first kappa shape index (κ1) is 17.0. The molecule has 1 aromatic heterocycles. The molecule has 0 saturated carbocycles. The van der Waals surface area contributed by atoms with Crippen molar-refractivity contribution in [2.24, 2.45) is 13.0 Å². The SMILES string of the molecule is CC(C)C(NCC(C)(O)c1cnn(C)c1)c1ccc2c(c1)CCO2. The van der Waals surface area contributed by atoms with Gasteiger partial charge in [0.15, 0.2) is 0 Å². The molecule has 2 atom stereocenters. The van der Waals surface area contributed by atoms with Crippen LogP contribution in [0.1, 0.15) is 43.5 Å². The highest BCUT2D eigenvalue weighted by molar-refractivity contribution is 5.41. The maximum atomic E-state index is 10.8. The maximum absolute atomic E-state index is 10.8. The van der Waals surface area contributed by atoms with Gasteiger partial charge in [-0.2, -0.15) is 5.10 Å². The molecule has 0 bridgehead atoms. The van der Waals surface area contributed by atoms with Crippen LogP contribution in [0.3, 0.4) is 0 Å². The largest absolute Gasteiger partial charge is 0.493 e. The van der Waals surface area contributed by atoms with Crippen LogP contribution in [-0.4, -0.2) is 28.0 Å². The smallest absolute Gasteiger partial charge is 0.122 e. The molecule has 3 rings (SSSR count). The quantitative estimate of drug-likeness (QED) is 0.855. The van der Waals surface area contributed by atoms with E-state index in [1.807, 2.05) is 20.2 Å². The first-order chi connectivity index (χ1) is 11.4. The minimum Gasteiger partial charge on any atom is -0.493 e. The van der Waals surface area contributed by atoms with E-state index in [2.05, 4.69) is 42.5 Å². The van der Waals surface area contributed by atoms with Gasteiger partial charge in [-0.25, -0.2) is 0 Å². The Morgan fingerprint density at radius 3 is 2.88 bits per heavy atom. The molecule has 24 heavy (non-hydrogen) atoms. The standard InChI is InChI=1S/C19H27N3O2/c1-13(2)18(15-5-6-17-14(9-15)7-8-24-17)20-12-19(3,23)16-10-21-22(4)11-16/h5-6,9-11,13,18,20,23H,7-8,12H2,1-4H3. The number of aryl methyl sites for hydroxylation is 1. The summed E-state index contributed by atoms with van der Waals surface area (Å²) in [4.78, 5) is 0. The molecule has 1 aliphatic heterocycles. The van der Waals surface area contributed by atoms with E-state index in [4.69, 9.17) is 4.74 Å². The highest BCUT2D eigenvalue weighted by Crippen LogP contribution is 2.31. The van der Waals surface area contributed by atoms with E-state index >= 15 is 0 Å². The Bertz CT molecular complexity index is 706. The molecule has 5 nitrogen and oxygen atoms in total. The third-order valence-corrected chi connectivity index (χ3v) is 4.73. The van der Waals surface area contributed by atoms with Crippen LogP contribution in [0.2, 0.25) is 0 Å². The molecular formula is C19H27N3O2. The number of fused-ring (bicyclic) bond motifs is 1. The molecule has 130 valence electrons. The van der Waals surface area contributed by atoms with Crippen LogP contribution in [-0.2, 0) is 19.1 Å². The summed E-state index contributed by atoms with van der Waals surface area (Å²) in [6.45, 7) is 7.45. The molecule has 0 spiro atoms. The molecule has 1 aliphatic rings. The fourth-order valence-electron chi connectivity index (χ4n) is 3.25. The summed E-state index contributed by atoms with van der Waals surface area (Å²) in [7, 11) is 1.86. The highest BCUT2D eigenvalue weighted by Gasteiger charge is 2.27. The molecule has 0 saturated heterocycles. The van der Waals surface area contributed by atoms with Gasteiger partial charge in [-0.1, -0.05) is 26.0 Å². The van der Waals surface area contributed by atoms with Crippen LogP contribution in [0.15, 0.2) is 30.6 Å². The summed E-state index contributed by atoms with van der Waals surface area (Å²) in [5.41, 5.74) is 2.39. The van der Waals surface area contributed by atoms with Gasteiger partial charge in [0.1, 0.15) is 11.4 Å². The first-order valence-electron chi connectivity index (χ1n) is 8.57. The summed E-state index contributed by atoms with van der Waals surface area (Å²) in [6.07, 6.45) is 4.55. The van der Waals surface area contributed by atoms with Crippen molar-refractivity contribution in [3.8, 4) is 5.75 Å². The lowest BCUT2D eigenvalue weighted by atomic mass is 9.92. The van der Waals surface area contributed by atoms with E-state index in [0.717, 1.165) is 24.3 Å². The number of benzene rings is 1. The lowest BCUT2D eigenvalue weighted by Gasteiger charge is -2.29. The Morgan fingerprint density at radius 2 is 2.21 bits per heavy atom.